The summed E-state index contributed by atoms with van der Waals surface area (Å²) in [6, 6.07) is 15.5. The van der Waals surface area contributed by atoms with E-state index in [-0.39, 0.29) is 5.91 Å². The fourth-order valence-corrected chi connectivity index (χ4v) is 3.70. The maximum Gasteiger partial charge on any atom is 0.255 e. The fourth-order valence-electron chi connectivity index (χ4n) is 3.47. The van der Waals surface area contributed by atoms with Crippen molar-refractivity contribution in [3.63, 3.8) is 0 Å². The van der Waals surface area contributed by atoms with Gasteiger partial charge < -0.3 is 10.1 Å². The van der Waals surface area contributed by atoms with Gasteiger partial charge in [0.15, 0.2) is 0 Å². The molecular formula is C23H25ClN4O2. The van der Waals surface area contributed by atoms with Gasteiger partial charge in [0.1, 0.15) is 5.69 Å². The molecule has 6 nitrogen and oxygen atoms in total. The Labute approximate surface area is 181 Å². The van der Waals surface area contributed by atoms with Gasteiger partial charge in [0, 0.05) is 37.9 Å². The monoisotopic (exact) mass is 424 g/mol. The number of carbonyl (C=O) groups is 1. The van der Waals surface area contributed by atoms with E-state index in [1.807, 2.05) is 55.5 Å². The van der Waals surface area contributed by atoms with E-state index in [9.17, 15) is 4.79 Å². The van der Waals surface area contributed by atoms with Crippen LogP contribution in [0.1, 0.15) is 15.9 Å². The van der Waals surface area contributed by atoms with Crippen molar-refractivity contribution >= 4 is 17.5 Å². The quantitative estimate of drug-likeness (QED) is 0.657. The Bertz CT molecular complexity index is 1010. The number of hydrogen-bond donors (Lipinski definition) is 1. The lowest BCUT2D eigenvalue weighted by Crippen LogP contribution is -2.41. The molecule has 1 amide bonds. The van der Waals surface area contributed by atoms with Crippen molar-refractivity contribution in [2.24, 2.45) is 0 Å². The van der Waals surface area contributed by atoms with Crippen molar-refractivity contribution in [3.05, 3.63) is 70.9 Å². The molecule has 2 heterocycles. The van der Waals surface area contributed by atoms with Crippen LogP contribution in [0.3, 0.4) is 0 Å². The van der Waals surface area contributed by atoms with E-state index in [2.05, 4.69) is 10.2 Å². The van der Waals surface area contributed by atoms with E-state index >= 15 is 0 Å². The average molecular weight is 425 g/mol. The molecule has 1 fully saturated rings. The standard InChI is InChI=1S/C23H25ClN4O2/c1-17-6-8-18(9-7-17)22-19(16-28(26-22)21-5-3-2-4-20(21)24)23(29)25-10-11-27-12-14-30-15-13-27/h2-9,16H,10-15H2,1H3,(H,25,29). The number of nitrogens with one attached hydrogen (secondary N) is 1. The molecule has 3 aromatic rings. The molecular weight excluding hydrogens is 400 g/mol. The summed E-state index contributed by atoms with van der Waals surface area (Å²) in [5.74, 6) is -0.142. The third-order valence-corrected chi connectivity index (χ3v) is 5.52. The number of benzene rings is 2. The second-order valence-electron chi connectivity index (χ2n) is 7.36. The van der Waals surface area contributed by atoms with Gasteiger partial charge in [-0.2, -0.15) is 5.10 Å². The number of ether oxygens (including phenoxy) is 1. The van der Waals surface area contributed by atoms with Crippen LogP contribution < -0.4 is 5.32 Å². The van der Waals surface area contributed by atoms with Gasteiger partial charge in [-0.3, -0.25) is 9.69 Å². The number of amides is 1. The van der Waals surface area contributed by atoms with Crippen molar-refractivity contribution < 1.29 is 9.53 Å². The number of para-hydroxylation sites is 1. The van der Waals surface area contributed by atoms with Crippen molar-refractivity contribution in [1.29, 1.82) is 0 Å². The summed E-state index contributed by atoms with van der Waals surface area (Å²) < 4.78 is 7.05. The van der Waals surface area contributed by atoms with E-state index in [1.165, 1.54) is 0 Å². The largest absolute Gasteiger partial charge is 0.379 e. The van der Waals surface area contributed by atoms with E-state index in [1.54, 1.807) is 10.9 Å². The van der Waals surface area contributed by atoms with Crippen LogP contribution in [0.25, 0.3) is 16.9 Å². The van der Waals surface area contributed by atoms with E-state index in [4.69, 9.17) is 21.4 Å². The molecule has 1 N–H and O–H groups in total. The third kappa shape index (κ3) is 4.73. The van der Waals surface area contributed by atoms with Gasteiger partial charge in [0.05, 0.1) is 29.5 Å². The number of morpholine rings is 1. The predicted molar refractivity (Wildman–Crippen MR) is 118 cm³/mol. The number of carbonyl (C=O) groups excluding carboxylic acids is 1. The molecule has 7 heteroatoms. The second-order valence-corrected chi connectivity index (χ2v) is 7.77. The molecule has 30 heavy (non-hydrogen) atoms. The zero-order valence-electron chi connectivity index (χ0n) is 17.0. The summed E-state index contributed by atoms with van der Waals surface area (Å²) in [5.41, 5.74) is 3.95. The van der Waals surface area contributed by atoms with Crippen LogP contribution in [-0.4, -0.2) is 60.0 Å². The number of aromatic nitrogens is 2. The normalized spacial score (nSPS) is 14.6. The first-order chi connectivity index (χ1) is 14.6. The molecule has 0 radical (unpaired) electrons. The Hall–Kier alpha value is -2.67. The topological polar surface area (TPSA) is 59.4 Å². The van der Waals surface area contributed by atoms with Crippen LogP contribution in [0.15, 0.2) is 54.7 Å². The molecule has 4 rings (SSSR count). The van der Waals surface area contributed by atoms with Crippen LogP contribution >= 0.6 is 11.6 Å². The number of rotatable bonds is 6. The molecule has 0 spiro atoms. The molecule has 0 aliphatic carbocycles. The highest BCUT2D eigenvalue weighted by Crippen LogP contribution is 2.26. The highest BCUT2D eigenvalue weighted by molar-refractivity contribution is 6.32. The zero-order chi connectivity index (χ0) is 20.9. The summed E-state index contributed by atoms with van der Waals surface area (Å²) >= 11 is 6.36. The molecule has 1 aromatic heterocycles. The number of halogens is 1. The highest BCUT2D eigenvalue weighted by atomic mass is 35.5. The fraction of sp³-hybridized carbons (Fsp3) is 0.304. The van der Waals surface area contributed by atoms with Gasteiger partial charge in [0.2, 0.25) is 0 Å². The van der Waals surface area contributed by atoms with Gasteiger partial charge in [0.25, 0.3) is 5.91 Å². The molecule has 1 aliphatic heterocycles. The molecule has 156 valence electrons. The molecule has 0 atom stereocenters. The van der Waals surface area contributed by atoms with E-state index < -0.39 is 0 Å². The minimum Gasteiger partial charge on any atom is -0.379 e. The van der Waals surface area contributed by atoms with E-state index in [0.717, 1.165) is 49.7 Å². The van der Waals surface area contributed by atoms with Crippen molar-refractivity contribution in [2.75, 3.05) is 39.4 Å². The first kappa shape index (κ1) is 20.6. The SMILES string of the molecule is Cc1ccc(-c2nn(-c3ccccc3Cl)cc2C(=O)NCCN2CCOCC2)cc1. The summed E-state index contributed by atoms with van der Waals surface area (Å²) in [5, 5.41) is 8.32. The minimum atomic E-state index is -0.142. The Balaban J connectivity index is 1.58. The maximum absolute atomic E-state index is 13.0. The summed E-state index contributed by atoms with van der Waals surface area (Å²) in [7, 11) is 0. The smallest absolute Gasteiger partial charge is 0.255 e. The van der Waals surface area contributed by atoms with Gasteiger partial charge in [-0.15, -0.1) is 0 Å². The van der Waals surface area contributed by atoms with Gasteiger partial charge in [-0.05, 0) is 19.1 Å². The van der Waals surface area contributed by atoms with Crippen molar-refractivity contribution in [1.82, 2.24) is 20.0 Å². The molecule has 0 bridgehead atoms. The number of nitrogens with zero attached hydrogens (tertiary/aromatic N) is 3. The Kier molecular flexibility index (Phi) is 6.47. The predicted octanol–water partition coefficient (Wildman–Crippen LogP) is 3.56. The lowest BCUT2D eigenvalue weighted by Gasteiger charge is -2.26. The van der Waals surface area contributed by atoms with E-state index in [0.29, 0.717) is 22.8 Å². The highest BCUT2D eigenvalue weighted by Gasteiger charge is 2.20. The van der Waals surface area contributed by atoms with Crippen molar-refractivity contribution in [3.8, 4) is 16.9 Å². The molecule has 0 unspecified atom stereocenters. The summed E-state index contributed by atoms with van der Waals surface area (Å²) in [4.78, 5) is 15.3. The maximum atomic E-state index is 13.0. The molecule has 1 aliphatic rings. The lowest BCUT2D eigenvalue weighted by molar-refractivity contribution is 0.0383. The second kappa shape index (κ2) is 9.43. The van der Waals surface area contributed by atoms with Gasteiger partial charge >= 0.3 is 0 Å². The average Bonchev–Trinajstić information content (AvgIpc) is 3.20. The number of aryl methyl sites for hydroxylation is 1. The number of hydrogen-bond acceptors (Lipinski definition) is 4. The lowest BCUT2D eigenvalue weighted by atomic mass is 10.1. The Morgan fingerprint density at radius 1 is 1.13 bits per heavy atom. The third-order valence-electron chi connectivity index (χ3n) is 5.20. The van der Waals surface area contributed by atoms with Gasteiger partial charge in [-0.25, -0.2) is 4.68 Å². The van der Waals surface area contributed by atoms with Crippen LogP contribution in [0, 0.1) is 6.92 Å². The minimum absolute atomic E-state index is 0.142. The molecule has 2 aromatic carbocycles. The van der Waals surface area contributed by atoms with Crippen LogP contribution in [-0.2, 0) is 4.74 Å². The van der Waals surface area contributed by atoms with Crippen molar-refractivity contribution in [2.45, 2.75) is 6.92 Å². The van der Waals surface area contributed by atoms with Crippen LogP contribution in [0.5, 0.6) is 0 Å². The van der Waals surface area contributed by atoms with Crippen LogP contribution in [0.4, 0.5) is 0 Å². The summed E-state index contributed by atoms with van der Waals surface area (Å²) in [6.07, 6.45) is 1.75. The first-order valence-corrected chi connectivity index (χ1v) is 10.5. The Morgan fingerprint density at radius 3 is 2.60 bits per heavy atom. The zero-order valence-corrected chi connectivity index (χ0v) is 17.7. The summed E-state index contributed by atoms with van der Waals surface area (Å²) in [6.45, 7) is 6.69. The Morgan fingerprint density at radius 2 is 1.87 bits per heavy atom. The van der Waals surface area contributed by atoms with Crippen LogP contribution in [0.2, 0.25) is 5.02 Å². The molecule has 0 saturated carbocycles. The first-order valence-electron chi connectivity index (χ1n) is 10.1. The molecule has 1 saturated heterocycles. The van der Waals surface area contributed by atoms with Gasteiger partial charge in [-0.1, -0.05) is 53.6 Å².